The Morgan fingerprint density at radius 3 is 2.50 bits per heavy atom. The number of alkyl halides is 3. The number of rotatable bonds is 4. The van der Waals surface area contributed by atoms with E-state index in [-0.39, 0.29) is 23.2 Å². The first-order valence-corrected chi connectivity index (χ1v) is 7.13. The molecule has 0 heterocycles. The van der Waals surface area contributed by atoms with Crippen molar-refractivity contribution in [3.63, 3.8) is 0 Å². The lowest BCUT2D eigenvalue weighted by Crippen LogP contribution is -2.05. The molecular formula is C17H11ClF3NO2. The number of nitriles is 1. The number of nitrogens with zero attached hydrogens (tertiary/aromatic N) is 1. The van der Waals surface area contributed by atoms with Crippen molar-refractivity contribution in [3.8, 4) is 11.8 Å². The zero-order valence-electron chi connectivity index (χ0n) is 12.4. The first kappa shape index (κ1) is 17.8. The highest BCUT2D eigenvalue weighted by Crippen LogP contribution is 2.35. The van der Waals surface area contributed by atoms with Gasteiger partial charge in [-0.3, -0.25) is 4.79 Å². The predicted octanol–water partition coefficient (Wildman–Crippen LogP) is 5.01. The van der Waals surface area contributed by atoms with Crippen LogP contribution in [0.2, 0.25) is 5.02 Å². The average Bonchev–Trinajstić information content (AvgIpc) is 2.52. The van der Waals surface area contributed by atoms with E-state index in [2.05, 4.69) is 0 Å². The van der Waals surface area contributed by atoms with Gasteiger partial charge in [0.2, 0.25) is 0 Å². The lowest BCUT2D eigenvalue weighted by atomic mass is 10.0. The number of carbonyl (C=O) groups excluding carboxylic acids is 1. The summed E-state index contributed by atoms with van der Waals surface area (Å²) in [7, 11) is 0. The van der Waals surface area contributed by atoms with Crippen LogP contribution in [0.1, 0.15) is 34.0 Å². The predicted molar refractivity (Wildman–Crippen MR) is 81.9 cm³/mol. The molecular weight excluding hydrogens is 343 g/mol. The highest BCUT2D eigenvalue weighted by Gasteiger charge is 2.31. The Kier molecular flexibility index (Phi) is 5.15. The van der Waals surface area contributed by atoms with Crippen molar-refractivity contribution in [2.24, 2.45) is 0 Å². The molecule has 0 atom stereocenters. The van der Waals surface area contributed by atoms with Gasteiger partial charge in [-0.05, 0) is 48.9 Å². The summed E-state index contributed by atoms with van der Waals surface area (Å²) in [5, 5.41) is 8.80. The van der Waals surface area contributed by atoms with Crippen LogP contribution in [0.3, 0.4) is 0 Å². The monoisotopic (exact) mass is 353 g/mol. The molecule has 2 rings (SSSR count). The standard InChI is InChI=1S/C17H11ClF3NO2/c1-10(23)13-5-11(8-22)4-12(6-13)9-24-16-3-2-14(7-15(16)18)17(19,20)21/h2-7H,9H2,1H3. The summed E-state index contributed by atoms with van der Waals surface area (Å²) in [5.74, 6) is -0.127. The molecule has 3 nitrogen and oxygen atoms in total. The third-order valence-electron chi connectivity index (χ3n) is 3.18. The largest absolute Gasteiger partial charge is 0.487 e. The molecule has 0 spiro atoms. The van der Waals surface area contributed by atoms with Gasteiger partial charge in [0.25, 0.3) is 0 Å². The van der Waals surface area contributed by atoms with Crippen LogP contribution in [-0.4, -0.2) is 5.78 Å². The van der Waals surface area contributed by atoms with E-state index >= 15 is 0 Å². The zero-order valence-corrected chi connectivity index (χ0v) is 13.2. The molecule has 0 saturated heterocycles. The second-order valence-corrected chi connectivity index (χ2v) is 5.43. The van der Waals surface area contributed by atoms with Crippen LogP contribution in [0.5, 0.6) is 5.75 Å². The van der Waals surface area contributed by atoms with E-state index in [1.54, 1.807) is 6.07 Å². The van der Waals surface area contributed by atoms with Gasteiger partial charge in [-0.1, -0.05) is 11.6 Å². The molecule has 0 bridgehead atoms. The average molecular weight is 354 g/mol. The second kappa shape index (κ2) is 6.93. The lowest BCUT2D eigenvalue weighted by molar-refractivity contribution is -0.137. The number of Topliss-reactive ketones (excluding diaryl/α,β-unsaturated/α-hetero) is 1. The Labute approximate surface area is 141 Å². The van der Waals surface area contributed by atoms with Crippen LogP contribution in [0.4, 0.5) is 13.2 Å². The fourth-order valence-electron chi connectivity index (χ4n) is 2.00. The lowest BCUT2D eigenvalue weighted by Gasteiger charge is -2.12. The van der Waals surface area contributed by atoms with E-state index in [9.17, 15) is 18.0 Å². The Bertz CT molecular complexity index is 826. The van der Waals surface area contributed by atoms with Crippen molar-refractivity contribution in [1.29, 1.82) is 5.26 Å². The molecule has 0 aliphatic carbocycles. The van der Waals surface area contributed by atoms with Crippen LogP contribution in [-0.2, 0) is 12.8 Å². The minimum Gasteiger partial charge on any atom is -0.487 e. The molecule has 2 aromatic carbocycles. The van der Waals surface area contributed by atoms with Crippen LogP contribution >= 0.6 is 11.6 Å². The first-order chi connectivity index (χ1) is 11.2. The van der Waals surface area contributed by atoms with Crippen molar-refractivity contribution < 1.29 is 22.7 Å². The normalized spacial score (nSPS) is 11.0. The Morgan fingerprint density at radius 1 is 1.25 bits per heavy atom. The van der Waals surface area contributed by atoms with Gasteiger partial charge in [-0.25, -0.2) is 0 Å². The molecule has 7 heteroatoms. The summed E-state index contributed by atoms with van der Waals surface area (Å²) in [4.78, 5) is 11.4. The van der Waals surface area contributed by atoms with Crippen molar-refractivity contribution in [3.05, 3.63) is 63.7 Å². The number of halogens is 4. The molecule has 0 unspecified atom stereocenters. The molecule has 0 radical (unpaired) electrons. The van der Waals surface area contributed by atoms with Gasteiger partial charge in [-0.2, -0.15) is 18.4 Å². The van der Waals surface area contributed by atoms with E-state index in [1.165, 1.54) is 19.1 Å². The van der Waals surface area contributed by atoms with Crippen LogP contribution < -0.4 is 4.74 Å². The molecule has 0 N–H and O–H groups in total. The van der Waals surface area contributed by atoms with Crippen molar-refractivity contribution >= 4 is 17.4 Å². The fraction of sp³-hybridized carbons (Fsp3) is 0.176. The van der Waals surface area contributed by atoms with Gasteiger partial charge in [0.15, 0.2) is 5.78 Å². The Morgan fingerprint density at radius 2 is 1.96 bits per heavy atom. The summed E-state index contributed by atoms with van der Waals surface area (Å²) in [5.41, 5.74) is 0.311. The number of benzene rings is 2. The van der Waals surface area contributed by atoms with Crippen LogP contribution in [0.15, 0.2) is 36.4 Å². The van der Waals surface area contributed by atoms with Gasteiger partial charge in [-0.15, -0.1) is 0 Å². The maximum Gasteiger partial charge on any atom is 0.416 e. The van der Waals surface area contributed by atoms with Gasteiger partial charge < -0.3 is 4.74 Å². The number of carbonyl (C=O) groups is 1. The summed E-state index contributed by atoms with van der Waals surface area (Å²) in [6.07, 6.45) is -4.49. The van der Waals surface area contributed by atoms with E-state index in [1.807, 2.05) is 6.07 Å². The molecule has 24 heavy (non-hydrogen) atoms. The number of hydrogen-bond acceptors (Lipinski definition) is 3. The Balaban J connectivity index is 2.21. The van der Waals surface area contributed by atoms with Crippen LogP contribution in [0.25, 0.3) is 0 Å². The topological polar surface area (TPSA) is 50.1 Å². The second-order valence-electron chi connectivity index (χ2n) is 5.02. The summed E-state index contributed by atoms with van der Waals surface area (Å²) >= 11 is 5.81. The summed E-state index contributed by atoms with van der Waals surface area (Å²) in [6, 6.07) is 9.26. The molecule has 0 amide bonds. The first-order valence-electron chi connectivity index (χ1n) is 6.75. The number of ketones is 1. The van der Waals surface area contributed by atoms with Gasteiger partial charge in [0.1, 0.15) is 12.4 Å². The molecule has 0 fully saturated rings. The van der Waals surface area contributed by atoms with E-state index in [0.29, 0.717) is 16.7 Å². The fourth-order valence-corrected chi connectivity index (χ4v) is 2.23. The third-order valence-corrected chi connectivity index (χ3v) is 3.48. The Hall–Kier alpha value is -2.52. The number of ether oxygens (including phenoxy) is 1. The van der Waals surface area contributed by atoms with Crippen molar-refractivity contribution in [2.45, 2.75) is 19.7 Å². The molecule has 0 aliphatic heterocycles. The van der Waals surface area contributed by atoms with E-state index in [4.69, 9.17) is 21.6 Å². The highest BCUT2D eigenvalue weighted by atomic mass is 35.5. The third kappa shape index (κ3) is 4.27. The maximum absolute atomic E-state index is 12.6. The number of hydrogen-bond donors (Lipinski definition) is 0. The maximum atomic E-state index is 12.6. The molecule has 0 aliphatic rings. The van der Waals surface area contributed by atoms with Crippen molar-refractivity contribution in [2.75, 3.05) is 0 Å². The molecule has 0 aromatic heterocycles. The SMILES string of the molecule is CC(=O)c1cc(C#N)cc(COc2ccc(C(F)(F)F)cc2Cl)c1. The smallest absolute Gasteiger partial charge is 0.416 e. The van der Waals surface area contributed by atoms with E-state index in [0.717, 1.165) is 18.2 Å². The quantitative estimate of drug-likeness (QED) is 0.726. The minimum absolute atomic E-state index is 0.0408. The van der Waals surface area contributed by atoms with Crippen LogP contribution in [0, 0.1) is 11.3 Å². The zero-order chi connectivity index (χ0) is 17.9. The van der Waals surface area contributed by atoms with Gasteiger partial charge in [0, 0.05) is 5.56 Å². The minimum atomic E-state index is -4.49. The summed E-state index contributed by atoms with van der Waals surface area (Å²) < 4.78 is 43.2. The molecule has 2 aromatic rings. The highest BCUT2D eigenvalue weighted by molar-refractivity contribution is 6.32. The van der Waals surface area contributed by atoms with E-state index < -0.39 is 11.7 Å². The summed E-state index contributed by atoms with van der Waals surface area (Å²) in [6.45, 7) is 1.33. The van der Waals surface area contributed by atoms with Crippen molar-refractivity contribution in [1.82, 2.24) is 0 Å². The molecule has 124 valence electrons. The molecule has 0 saturated carbocycles. The van der Waals surface area contributed by atoms with Gasteiger partial charge >= 0.3 is 6.18 Å². The van der Waals surface area contributed by atoms with Gasteiger partial charge in [0.05, 0.1) is 22.2 Å².